The van der Waals surface area contributed by atoms with Crippen molar-refractivity contribution < 1.29 is 13.2 Å². The van der Waals surface area contributed by atoms with Crippen LogP contribution < -0.4 is 5.32 Å². The van der Waals surface area contributed by atoms with Gasteiger partial charge in [-0.25, -0.2) is 8.42 Å². The molecule has 1 aliphatic rings. The molecule has 0 unspecified atom stereocenters. The molecule has 0 spiro atoms. The van der Waals surface area contributed by atoms with Gasteiger partial charge in [0, 0.05) is 13.6 Å². The second-order valence-corrected chi connectivity index (χ2v) is 7.62. The molecular formula is C18H17N3O3S. The van der Waals surface area contributed by atoms with Gasteiger partial charge >= 0.3 is 0 Å². The lowest BCUT2D eigenvalue weighted by Gasteiger charge is -2.34. The van der Waals surface area contributed by atoms with Crippen LogP contribution in [0.25, 0.3) is 0 Å². The van der Waals surface area contributed by atoms with Crippen LogP contribution in [-0.4, -0.2) is 31.7 Å². The average Bonchev–Trinajstić information content (AvgIpc) is 2.66. The van der Waals surface area contributed by atoms with Crippen molar-refractivity contribution in [2.75, 3.05) is 7.05 Å². The highest BCUT2D eigenvalue weighted by molar-refractivity contribution is 7.89. The fraction of sp³-hybridized carbons (Fsp3) is 0.222. The maximum Gasteiger partial charge on any atom is 0.245 e. The Morgan fingerprint density at radius 1 is 1.16 bits per heavy atom. The first-order valence-corrected chi connectivity index (χ1v) is 9.22. The van der Waals surface area contributed by atoms with Crippen LogP contribution in [0.3, 0.4) is 0 Å². The Bertz CT molecular complexity index is 964. The number of amides is 1. The van der Waals surface area contributed by atoms with Gasteiger partial charge < -0.3 is 5.32 Å². The van der Waals surface area contributed by atoms with E-state index in [2.05, 4.69) is 5.32 Å². The Hall–Kier alpha value is -2.69. The monoisotopic (exact) mass is 355 g/mol. The number of hydrogen-bond acceptors (Lipinski definition) is 4. The molecule has 0 aromatic heterocycles. The van der Waals surface area contributed by atoms with E-state index in [1.54, 1.807) is 12.1 Å². The molecule has 7 heteroatoms. The molecule has 0 bridgehead atoms. The van der Waals surface area contributed by atoms with Gasteiger partial charge in [0.05, 0.1) is 10.5 Å². The second-order valence-electron chi connectivity index (χ2n) is 5.76. The number of sulfonamides is 1. The number of nitrogens with one attached hydrogen (secondary N) is 1. The number of nitriles is 1. The third-order valence-electron chi connectivity index (χ3n) is 4.35. The van der Waals surface area contributed by atoms with Crippen molar-refractivity contribution in [3.8, 4) is 6.07 Å². The third kappa shape index (κ3) is 3.02. The zero-order valence-electron chi connectivity index (χ0n) is 13.6. The van der Waals surface area contributed by atoms with Gasteiger partial charge in [0.2, 0.25) is 15.9 Å². The van der Waals surface area contributed by atoms with Crippen LogP contribution in [0.5, 0.6) is 0 Å². The lowest BCUT2D eigenvalue weighted by Crippen LogP contribution is -2.51. The second kappa shape index (κ2) is 6.67. The van der Waals surface area contributed by atoms with Crippen molar-refractivity contribution in [2.45, 2.75) is 23.9 Å². The molecule has 2 aromatic carbocycles. The summed E-state index contributed by atoms with van der Waals surface area (Å²) in [6.07, 6.45) is 0.295. The van der Waals surface area contributed by atoms with E-state index >= 15 is 0 Å². The maximum atomic E-state index is 13.2. The van der Waals surface area contributed by atoms with Crippen molar-refractivity contribution >= 4 is 15.9 Å². The highest BCUT2D eigenvalue weighted by atomic mass is 32.2. The number of benzene rings is 2. The molecule has 6 nitrogen and oxygen atoms in total. The largest absolute Gasteiger partial charge is 0.358 e. The van der Waals surface area contributed by atoms with Gasteiger partial charge in [0.25, 0.3) is 0 Å². The molecule has 1 heterocycles. The van der Waals surface area contributed by atoms with Gasteiger partial charge in [-0.2, -0.15) is 9.57 Å². The number of hydrogen-bond donors (Lipinski definition) is 1. The topological polar surface area (TPSA) is 90.3 Å². The summed E-state index contributed by atoms with van der Waals surface area (Å²) in [5.74, 6) is -0.368. The van der Waals surface area contributed by atoms with Crippen LogP contribution in [0.1, 0.15) is 16.7 Å². The molecule has 0 fully saturated rings. The van der Waals surface area contributed by atoms with Crippen molar-refractivity contribution in [3.63, 3.8) is 0 Å². The minimum Gasteiger partial charge on any atom is -0.358 e. The minimum atomic E-state index is -4.00. The quantitative estimate of drug-likeness (QED) is 0.901. The smallest absolute Gasteiger partial charge is 0.245 e. The molecule has 128 valence electrons. The van der Waals surface area contributed by atoms with Crippen LogP contribution in [0.15, 0.2) is 53.4 Å². The Balaban J connectivity index is 2.12. The summed E-state index contributed by atoms with van der Waals surface area (Å²) in [5.41, 5.74) is 1.88. The summed E-state index contributed by atoms with van der Waals surface area (Å²) in [6.45, 7) is 0.0936. The van der Waals surface area contributed by atoms with E-state index < -0.39 is 16.1 Å². The van der Waals surface area contributed by atoms with E-state index in [-0.39, 0.29) is 22.9 Å². The zero-order chi connectivity index (χ0) is 18.0. The zero-order valence-corrected chi connectivity index (χ0v) is 14.5. The highest BCUT2D eigenvalue weighted by Gasteiger charge is 2.39. The lowest BCUT2D eigenvalue weighted by molar-refractivity contribution is -0.124. The molecule has 1 N–H and O–H groups in total. The minimum absolute atomic E-state index is 0.0667. The standard InChI is InChI=1S/C18H17N3O3S/c1-20-18(22)16-10-13-6-2-3-8-15(13)12-21(16)25(23,24)17-9-5-4-7-14(17)11-19/h2-9,16H,10,12H2,1H3,(H,20,22)/t16-/m1/s1. The van der Waals surface area contributed by atoms with E-state index in [1.807, 2.05) is 30.3 Å². The van der Waals surface area contributed by atoms with Gasteiger partial charge in [-0.3, -0.25) is 4.79 Å². The van der Waals surface area contributed by atoms with E-state index in [0.29, 0.717) is 6.42 Å². The molecule has 0 radical (unpaired) electrons. The molecule has 1 aliphatic heterocycles. The van der Waals surface area contributed by atoms with Crippen molar-refractivity contribution in [3.05, 3.63) is 65.2 Å². The summed E-state index contributed by atoms with van der Waals surface area (Å²) in [4.78, 5) is 12.3. The van der Waals surface area contributed by atoms with Crippen LogP contribution in [0.2, 0.25) is 0 Å². The van der Waals surface area contributed by atoms with Gasteiger partial charge in [0.15, 0.2) is 0 Å². The summed E-state index contributed by atoms with van der Waals surface area (Å²) >= 11 is 0. The van der Waals surface area contributed by atoms with Crippen molar-refractivity contribution in [1.29, 1.82) is 5.26 Å². The fourth-order valence-electron chi connectivity index (χ4n) is 3.05. The Morgan fingerprint density at radius 2 is 1.80 bits per heavy atom. The number of rotatable bonds is 3. The Labute approximate surface area is 146 Å². The van der Waals surface area contributed by atoms with E-state index in [9.17, 15) is 18.5 Å². The predicted molar refractivity (Wildman–Crippen MR) is 91.9 cm³/mol. The molecule has 1 atom stereocenters. The normalized spacial score (nSPS) is 17.4. The fourth-order valence-corrected chi connectivity index (χ4v) is 4.76. The lowest BCUT2D eigenvalue weighted by atomic mass is 9.95. The first kappa shape index (κ1) is 17.1. The molecule has 0 aliphatic carbocycles. The van der Waals surface area contributed by atoms with Crippen LogP contribution in [0.4, 0.5) is 0 Å². The first-order valence-electron chi connectivity index (χ1n) is 7.78. The SMILES string of the molecule is CNC(=O)[C@H]1Cc2ccccc2CN1S(=O)(=O)c1ccccc1C#N. The number of fused-ring (bicyclic) bond motifs is 1. The Morgan fingerprint density at radius 3 is 2.48 bits per heavy atom. The van der Waals surface area contributed by atoms with Gasteiger partial charge in [-0.1, -0.05) is 36.4 Å². The summed E-state index contributed by atoms with van der Waals surface area (Å²) in [6, 6.07) is 14.6. The van der Waals surface area contributed by atoms with Gasteiger partial charge in [0.1, 0.15) is 12.1 Å². The molecule has 3 rings (SSSR count). The van der Waals surface area contributed by atoms with Crippen LogP contribution >= 0.6 is 0 Å². The molecule has 2 aromatic rings. The van der Waals surface area contributed by atoms with Gasteiger partial charge in [-0.05, 0) is 29.7 Å². The van der Waals surface area contributed by atoms with Crippen molar-refractivity contribution in [2.24, 2.45) is 0 Å². The van der Waals surface area contributed by atoms with Gasteiger partial charge in [-0.15, -0.1) is 0 Å². The molecule has 25 heavy (non-hydrogen) atoms. The third-order valence-corrected chi connectivity index (χ3v) is 6.26. The molecule has 1 amide bonds. The van der Waals surface area contributed by atoms with Crippen LogP contribution in [0, 0.1) is 11.3 Å². The number of carbonyl (C=O) groups excluding carboxylic acids is 1. The highest BCUT2D eigenvalue weighted by Crippen LogP contribution is 2.30. The van der Waals surface area contributed by atoms with Crippen LogP contribution in [-0.2, 0) is 27.8 Å². The Kier molecular flexibility index (Phi) is 4.57. The summed E-state index contributed by atoms with van der Waals surface area (Å²) < 4.78 is 27.6. The first-order chi connectivity index (χ1) is 12.0. The summed E-state index contributed by atoms with van der Waals surface area (Å²) in [7, 11) is -2.52. The molecule has 0 saturated carbocycles. The maximum absolute atomic E-state index is 13.2. The summed E-state index contributed by atoms with van der Waals surface area (Å²) in [5, 5.41) is 11.8. The molecular weight excluding hydrogens is 338 g/mol. The average molecular weight is 355 g/mol. The number of nitrogens with zero attached hydrogens (tertiary/aromatic N) is 2. The molecule has 0 saturated heterocycles. The number of likely N-dealkylation sites (N-methyl/N-ethyl adjacent to an activating group) is 1. The number of carbonyl (C=O) groups is 1. The predicted octanol–water partition coefficient (Wildman–Crippen LogP) is 1.42. The van der Waals surface area contributed by atoms with Crippen molar-refractivity contribution in [1.82, 2.24) is 9.62 Å². The van der Waals surface area contributed by atoms with E-state index in [1.165, 1.54) is 23.5 Å². The van der Waals surface area contributed by atoms with E-state index in [0.717, 1.165) is 11.1 Å². The van der Waals surface area contributed by atoms with E-state index in [4.69, 9.17) is 0 Å².